The Hall–Kier alpha value is -1.06. The second-order valence-electron chi connectivity index (χ2n) is 3.58. The Balaban J connectivity index is 2.20. The molecule has 2 aromatic carbocycles. The van der Waals surface area contributed by atoms with Crippen molar-refractivity contribution in [2.75, 3.05) is 13.2 Å². The fourth-order valence-electron chi connectivity index (χ4n) is 1.54. The maximum atomic E-state index is 8.66. The minimum absolute atomic E-state index is 0.167. The summed E-state index contributed by atoms with van der Waals surface area (Å²) in [6.45, 7) is 0.721. The van der Waals surface area contributed by atoms with E-state index in [0.29, 0.717) is 13.0 Å². The lowest BCUT2D eigenvalue weighted by Gasteiger charge is -2.06. The van der Waals surface area contributed by atoms with E-state index in [0.717, 1.165) is 15.6 Å². The van der Waals surface area contributed by atoms with Crippen molar-refractivity contribution in [2.24, 2.45) is 0 Å². The number of hydrogen-bond donors (Lipinski definition) is 1. The summed E-state index contributed by atoms with van der Waals surface area (Å²) < 4.78 is 6.59. The summed E-state index contributed by atoms with van der Waals surface area (Å²) in [7, 11) is 0. The van der Waals surface area contributed by atoms with Gasteiger partial charge >= 0.3 is 0 Å². The monoisotopic (exact) mass is 280 g/mol. The molecule has 0 aromatic heterocycles. The molecule has 16 heavy (non-hydrogen) atoms. The Kier molecular flexibility index (Phi) is 3.80. The summed E-state index contributed by atoms with van der Waals surface area (Å²) in [6, 6.07) is 12.1. The van der Waals surface area contributed by atoms with Gasteiger partial charge in [-0.05, 0) is 35.0 Å². The van der Waals surface area contributed by atoms with E-state index >= 15 is 0 Å². The van der Waals surface area contributed by atoms with E-state index in [2.05, 4.69) is 28.1 Å². The number of halogens is 1. The molecule has 84 valence electrons. The highest BCUT2D eigenvalue weighted by atomic mass is 79.9. The molecule has 0 atom stereocenters. The van der Waals surface area contributed by atoms with E-state index in [4.69, 9.17) is 9.84 Å². The Morgan fingerprint density at radius 2 is 1.81 bits per heavy atom. The molecule has 0 saturated heterocycles. The standard InChI is InChI=1S/C13H13BrO2/c14-12-4-2-11-9-13(16-7-1-6-15)5-3-10(11)8-12/h2-5,8-9,15H,1,6-7H2. The van der Waals surface area contributed by atoms with Gasteiger partial charge < -0.3 is 9.84 Å². The minimum atomic E-state index is 0.167. The van der Waals surface area contributed by atoms with Crippen LogP contribution in [-0.4, -0.2) is 18.3 Å². The molecule has 0 aliphatic heterocycles. The average Bonchev–Trinajstić information content (AvgIpc) is 2.29. The van der Waals surface area contributed by atoms with Crippen molar-refractivity contribution >= 4 is 26.7 Å². The zero-order chi connectivity index (χ0) is 11.4. The molecule has 0 heterocycles. The molecule has 0 aliphatic carbocycles. The van der Waals surface area contributed by atoms with E-state index in [9.17, 15) is 0 Å². The third-order valence-corrected chi connectivity index (χ3v) is 2.84. The molecular weight excluding hydrogens is 268 g/mol. The van der Waals surface area contributed by atoms with Gasteiger partial charge in [0.15, 0.2) is 0 Å². The number of aliphatic hydroxyl groups is 1. The van der Waals surface area contributed by atoms with Gasteiger partial charge in [0.25, 0.3) is 0 Å². The molecule has 0 saturated carbocycles. The molecule has 0 radical (unpaired) electrons. The van der Waals surface area contributed by atoms with Crippen LogP contribution in [0.3, 0.4) is 0 Å². The Bertz CT molecular complexity index is 482. The molecule has 0 fully saturated rings. The van der Waals surface area contributed by atoms with Crippen LogP contribution in [0.2, 0.25) is 0 Å². The maximum Gasteiger partial charge on any atom is 0.119 e. The predicted octanol–water partition coefficient (Wildman–Crippen LogP) is 3.36. The lowest BCUT2D eigenvalue weighted by Crippen LogP contribution is -1.99. The van der Waals surface area contributed by atoms with Gasteiger partial charge in [0.1, 0.15) is 5.75 Å². The SMILES string of the molecule is OCCCOc1ccc2cc(Br)ccc2c1. The van der Waals surface area contributed by atoms with Gasteiger partial charge in [-0.2, -0.15) is 0 Å². The smallest absolute Gasteiger partial charge is 0.119 e. The second-order valence-corrected chi connectivity index (χ2v) is 4.49. The molecule has 2 rings (SSSR count). The summed E-state index contributed by atoms with van der Waals surface area (Å²) in [5.74, 6) is 0.850. The van der Waals surface area contributed by atoms with Crippen LogP contribution >= 0.6 is 15.9 Å². The van der Waals surface area contributed by atoms with E-state index in [1.807, 2.05) is 24.3 Å². The number of fused-ring (bicyclic) bond motifs is 1. The first-order valence-electron chi connectivity index (χ1n) is 5.22. The first-order chi connectivity index (χ1) is 7.79. The van der Waals surface area contributed by atoms with Crippen LogP contribution in [0.1, 0.15) is 6.42 Å². The number of aliphatic hydroxyl groups excluding tert-OH is 1. The van der Waals surface area contributed by atoms with Crippen LogP contribution < -0.4 is 4.74 Å². The van der Waals surface area contributed by atoms with Gasteiger partial charge in [-0.1, -0.05) is 28.1 Å². The molecule has 3 heteroatoms. The van der Waals surface area contributed by atoms with Crippen LogP contribution in [0.4, 0.5) is 0 Å². The van der Waals surface area contributed by atoms with Crippen molar-refractivity contribution in [3.8, 4) is 5.75 Å². The van der Waals surface area contributed by atoms with E-state index < -0.39 is 0 Å². The predicted molar refractivity (Wildman–Crippen MR) is 68.8 cm³/mol. The fourth-order valence-corrected chi connectivity index (χ4v) is 1.92. The molecule has 2 nitrogen and oxygen atoms in total. The van der Waals surface area contributed by atoms with E-state index in [1.165, 1.54) is 5.39 Å². The summed E-state index contributed by atoms with van der Waals surface area (Å²) in [5, 5.41) is 11.0. The summed E-state index contributed by atoms with van der Waals surface area (Å²) in [5.41, 5.74) is 0. The Labute approximate surface area is 103 Å². The Morgan fingerprint density at radius 1 is 1.06 bits per heavy atom. The number of ether oxygens (including phenoxy) is 1. The van der Waals surface area contributed by atoms with Crippen LogP contribution in [0, 0.1) is 0 Å². The zero-order valence-electron chi connectivity index (χ0n) is 8.82. The third-order valence-electron chi connectivity index (χ3n) is 2.34. The van der Waals surface area contributed by atoms with E-state index in [-0.39, 0.29) is 6.61 Å². The lowest BCUT2D eigenvalue weighted by molar-refractivity contribution is 0.234. The van der Waals surface area contributed by atoms with Crippen molar-refractivity contribution in [3.63, 3.8) is 0 Å². The largest absolute Gasteiger partial charge is 0.493 e. The first kappa shape index (κ1) is 11.4. The quantitative estimate of drug-likeness (QED) is 0.871. The molecule has 0 unspecified atom stereocenters. The lowest BCUT2D eigenvalue weighted by atomic mass is 10.1. The zero-order valence-corrected chi connectivity index (χ0v) is 10.4. The first-order valence-corrected chi connectivity index (χ1v) is 6.02. The Morgan fingerprint density at radius 3 is 2.62 bits per heavy atom. The highest BCUT2D eigenvalue weighted by Gasteiger charge is 1.98. The van der Waals surface area contributed by atoms with Gasteiger partial charge in [-0.15, -0.1) is 0 Å². The molecule has 0 amide bonds. The number of benzene rings is 2. The number of rotatable bonds is 4. The average molecular weight is 281 g/mol. The highest BCUT2D eigenvalue weighted by Crippen LogP contribution is 2.24. The van der Waals surface area contributed by atoms with Crippen molar-refractivity contribution < 1.29 is 9.84 Å². The third kappa shape index (κ3) is 2.74. The number of hydrogen-bond acceptors (Lipinski definition) is 2. The van der Waals surface area contributed by atoms with Crippen LogP contribution in [0.15, 0.2) is 40.9 Å². The normalized spacial score (nSPS) is 10.6. The van der Waals surface area contributed by atoms with Gasteiger partial charge in [-0.3, -0.25) is 0 Å². The molecule has 0 bridgehead atoms. The maximum absolute atomic E-state index is 8.66. The second kappa shape index (κ2) is 5.32. The summed E-state index contributed by atoms with van der Waals surface area (Å²) in [4.78, 5) is 0. The van der Waals surface area contributed by atoms with Gasteiger partial charge in [-0.25, -0.2) is 0 Å². The minimum Gasteiger partial charge on any atom is -0.493 e. The molecule has 0 spiro atoms. The molecule has 0 aliphatic rings. The molecule has 2 aromatic rings. The van der Waals surface area contributed by atoms with Crippen molar-refractivity contribution in [1.29, 1.82) is 0 Å². The topological polar surface area (TPSA) is 29.5 Å². The fraction of sp³-hybridized carbons (Fsp3) is 0.231. The van der Waals surface area contributed by atoms with Gasteiger partial charge in [0.05, 0.1) is 6.61 Å². The van der Waals surface area contributed by atoms with Gasteiger partial charge in [0, 0.05) is 17.5 Å². The van der Waals surface area contributed by atoms with Crippen molar-refractivity contribution in [3.05, 3.63) is 40.9 Å². The van der Waals surface area contributed by atoms with Crippen LogP contribution in [-0.2, 0) is 0 Å². The summed E-state index contributed by atoms with van der Waals surface area (Å²) in [6.07, 6.45) is 0.665. The summed E-state index contributed by atoms with van der Waals surface area (Å²) >= 11 is 3.44. The van der Waals surface area contributed by atoms with Crippen molar-refractivity contribution in [2.45, 2.75) is 6.42 Å². The van der Waals surface area contributed by atoms with E-state index in [1.54, 1.807) is 0 Å². The molecular formula is C13H13BrO2. The van der Waals surface area contributed by atoms with Crippen LogP contribution in [0.25, 0.3) is 10.8 Å². The van der Waals surface area contributed by atoms with Crippen molar-refractivity contribution in [1.82, 2.24) is 0 Å². The van der Waals surface area contributed by atoms with Crippen LogP contribution in [0.5, 0.6) is 5.75 Å². The highest BCUT2D eigenvalue weighted by molar-refractivity contribution is 9.10. The molecule has 1 N–H and O–H groups in total. The van der Waals surface area contributed by atoms with Gasteiger partial charge in [0.2, 0.25) is 0 Å².